The molecule has 1 saturated carbocycles. The zero-order chi connectivity index (χ0) is 21.3. The van der Waals surface area contributed by atoms with Gasteiger partial charge in [-0.2, -0.15) is 13.2 Å². The van der Waals surface area contributed by atoms with E-state index in [-0.39, 0.29) is 16.6 Å². The molecule has 2 atom stereocenters. The quantitative estimate of drug-likeness (QED) is 0.743. The zero-order valence-electron chi connectivity index (χ0n) is 15.3. The Morgan fingerprint density at radius 3 is 2.66 bits per heavy atom. The van der Waals surface area contributed by atoms with Gasteiger partial charge in [0, 0.05) is 30.6 Å². The van der Waals surface area contributed by atoms with Crippen LogP contribution < -0.4 is 4.74 Å². The molecule has 0 aromatic carbocycles. The minimum Gasteiger partial charge on any atom is -0.491 e. The molecular formula is C17H21F3N2O6S. The fourth-order valence-corrected chi connectivity index (χ4v) is 5.40. The van der Waals surface area contributed by atoms with Crippen molar-refractivity contribution < 1.29 is 41.0 Å². The lowest BCUT2D eigenvalue weighted by molar-refractivity contribution is -0.192. The molecule has 0 amide bonds. The van der Waals surface area contributed by atoms with Crippen LogP contribution in [0.3, 0.4) is 0 Å². The van der Waals surface area contributed by atoms with Crippen molar-refractivity contribution in [3.63, 3.8) is 0 Å². The number of fused-ring (bicyclic) bond motifs is 1. The summed E-state index contributed by atoms with van der Waals surface area (Å²) in [6.45, 7) is 2.73. The zero-order valence-corrected chi connectivity index (χ0v) is 16.2. The monoisotopic (exact) mass is 438 g/mol. The molecule has 1 aromatic rings. The van der Waals surface area contributed by atoms with Crippen LogP contribution in [0.4, 0.5) is 13.2 Å². The summed E-state index contributed by atoms with van der Waals surface area (Å²) in [5, 5.41) is 6.98. The number of alkyl halides is 3. The van der Waals surface area contributed by atoms with Crippen LogP contribution in [0.2, 0.25) is 0 Å². The van der Waals surface area contributed by atoms with Crippen molar-refractivity contribution >= 4 is 16.0 Å². The smallest absolute Gasteiger partial charge is 0.490 e. The lowest BCUT2D eigenvalue weighted by Crippen LogP contribution is -2.39. The van der Waals surface area contributed by atoms with Gasteiger partial charge in [-0.1, -0.05) is 0 Å². The van der Waals surface area contributed by atoms with E-state index in [1.807, 2.05) is 12.1 Å². The lowest BCUT2D eigenvalue weighted by atomic mass is 9.82. The highest BCUT2D eigenvalue weighted by Crippen LogP contribution is 2.45. The van der Waals surface area contributed by atoms with Gasteiger partial charge in [0.2, 0.25) is 10.0 Å². The predicted molar refractivity (Wildman–Crippen MR) is 93.7 cm³/mol. The van der Waals surface area contributed by atoms with Gasteiger partial charge in [0.05, 0.1) is 31.3 Å². The first kappa shape index (κ1) is 21.8. The van der Waals surface area contributed by atoms with Gasteiger partial charge in [-0.15, -0.1) is 0 Å². The number of hydrogen-bond acceptors (Lipinski definition) is 6. The maximum Gasteiger partial charge on any atom is 0.490 e. The average Bonchev–Trinajstić information content (AvgIpc) is 3.35. The standard InChI is InChI=1S/C15H20N2O4S.C2HF3O2/c18-22(19,14-3-4-14)17-7-12-8-20-10-15(12,9-17)11-21-13-2-1-5-16-6-13;3-2(4,5)1(6)7/h1-2,5-6,12,14H,3-4,7-11H2;(H,6,7)/t12-,15+;/m1./s1. The highest BCUT2D eigenvalue weighted by Gasteiger charge is 2.56. The molecule has 12 heteroatoms. The highest BCUT2D eigenvalue weighted by molar-refractivity contribution is 7.90. The molecular weight excluding hydrogens is 417 g/mol. The summed E-state index contributed by atoms with van der Waals surface area (Å²) in [5.41, 5.74) is -0.224. The topological polar surface area (TPSA) is 106 Å². The number of carboxylic acid groups (broad SMARTS) is 1. The Hall–Kier alpha value is -1.92. The molecule has 8 nitrogen and oxygen atoms in total. The third-order valence-corrected chi connectivity index (χ3v) is 7.51. The van der Waals surface area contributed by atoms with Crippen LogP contribution in [-0.4, -0.2) is 73.1 Å². The molecule has 3 aliphatic rings. The Balaban J connectivity index is 0.000000298. The summed E-state index contributed by atoms with van der Waals surface area (Å²) in [6.07, 6.45) is -0.0976. The van der Waals surface area contributed by atoms with E-state index in [9.17, 15) is 21.6 Å². The summed E-state index contributed by atoms with van der Waals surface area (Å²) >= 11 is 0. The number of sulfonamides is 1. The number of aromatic nitrogens is 1. The number of carboxylic acids is 1. The van der Waals surface area contributed by atoms with Crippen LogP contribution in [0.25, 0.3) is 0 Å². The number of carbonyl (C=O) groups is 1. The Kier molecular flexibility index (Phi) is 6.06. The Morgan fingerprint density at radius 1 is 1.41 bits per heavy atom. The Bertz CT molecular complexity index is 831. The summed E-state index contributed by atoms with van der Waals surface area (Å²) in [5.74, 6) is -1.82. The molecule has 0 unspecified atom stereocenters. The molecule has 3 fully saturated rings. The van der Waals surface area contributed by atoms with E-state index in [1.165, 1.54) is 0 Å². The van der Waals surface area contributed by atoms with Crippen LogP contribution in [0.15, 0.2) is 24.5 Å². The number of nitrogens with zero attached hydrogens (tertiary/aromatic N) is 2. The molecule has 1 aliphatic carbocycles. The predicted octanol–water partition coefficient (Wildman–Crippen LogP) is 1.53. The van der Waals surface area contributed by atoms with Gasteiger partial charge in [0.25, 0.3) is 0 Å². The molecule has 2 aliphatic heterocycles. The minimum atomic E-state index is -5.08. The van der Waals surface area contributed by atoms with Gasteiger partial charge in [-0.25, -0.2) is 17.5 Å². The molecule has 4 rings (SSSR count). The first-order chi connectivity index (χ1) is 13.5. The lowest BCUT2D eigenvalue weighted by Gasteiger charge is -2.27. The maximum atomic E-state index is 12.5. The largest absolute Gasteiger partial charge is 0.491 e. The number of hydrogen-bond donors (Lipinski definition) is 1. The first-order valence-corrected chi connectivity index (χ1v) is 10.4. The van der Waals surface area contributed by atoms with E-state index in [0.29, 0.717) is 38.7 Å². The van der Waals surface area contributed by atoms with E-state index in [2.05, 4.69) is 4.98 Å². The molecule has 2 saturated heterocycles. The number of pyridine rings is 1. The summed E-state index contributed by atoms with van der Waals surface area (Å²) in [4.78, 5) is 12.9. The van der Waals surface area contributed by atoms with Crippen molar-refractivity contribution in [3.05, 3.63) is 24.5 Å². The minimum absolute atomic E-state index is 0.150. The van der Waals surface area contributed by atoms with Gasteiger partial charge in [-0.3, -0.25) is 4.98 Å². The Labute approximate surface area is 165 Å². The second-order valence-corrected chi connectivity index (χ2v) is 9.60. The normalized spacial score (nSPS) is 27.1. The summed E-state index contributed by atoms with van der Waals surface area (Å²) in [6, 6.07) is 3.69. The number of rotatable bonds is 5. The SMILES string of the molecule is O=C(O)C(F)(F)F.O=S(=O)(C1CC1)N1C[C@@H]2COC[C@]2(COc2cccnc2)C1. The Morgan fingerprint density at radius 2 is 2.10 bits per heavy atom. The average molecular weight is 438 g/mol. The van der Waals surface area contributed by atoms with E-state index in [1.54, 1.807) is 16.7 Å². The molecule has 162 valence electrons. The van der Waals surface area contributed by atoms with E-state index in [0.717, 1.165) is 12.8 Å². The fourth-order valence-electron chi connectivity index (χ4n) is 3.42. The van der Waals surface area contributed by atoms with E-state index in [4.69, 9.17) is 19.4 Å². The van der Waals surface area contributed by atoms with Crippen molar-refractivity contribution in [3.8, 4) is 5.75 Å². The first-order valence-electron chi connectivity index (χ1n) is 8.94. The van der Waals surface area contributed by atoms with Crippen LogP contribution in [-0.2, 0) is 19.6 Å². The van der Waals surface area contributed by atoms with Gasteiger partial charge in [0.15, 0.2) is 0 Å². The fraction of sp³-hybridized carbons (Fsp3) is 0.647. The van der Waals surface area contributed by atoms with E-state index < -0.39 is 22.2 Å². The van der Waals surface area contributed by atoms with Gasteiger partial charge in [-0.05, 0) is 25.0 Å². The van der Waals surface area contributed by atoms with Crippen molar-refractivity contribution in [2.75, 3.05) is 32.9 Å². The van der Waals surface area contributed by atoms with Gasteiger partial charge >= 0.3 is 12.1 Å². The van der Waals surface area contributed by atoms with Gasteiger partial charge in [0.1, 0.15) is 5.75 Å². The molecule has 0 bridgehead atoms. The summed E-state index contributed by atoms with van der Waals surface area (Å²) in [7, 11) is -3.12. The maximum absolute atomic E-state index is 12.5. The molecule has 1 N–H and O–H groups in total. The van der Waals surface area contributed by atoms with Gasteiger partial charge < -0.3 is 14.6 Å². The van der Waals surface area contributed by atoms with Crippen LogP contribution >= 0.6 is 0 Å². The second-order valence-electron chi connectivity index (χ2n) is 7.39. The second kappa shape index (κ2) is 8.07. The van der Waals surface area contributed by atoms with Crippen LogP contribution in [0.1, 0.15) is 12.8 Å². The molecule has 0 spiro atoms. The molecule has 3 heterocycles. The van der Waals surface area contributed by atoms with Crippen molar-refractivity contribution in [2.45, 2.75) is 24.3 Å². The third kappa shape index (κ3) is 4.98. The van der Waals surface area contributed by atoms with Crippen molar-refractivity contribution in [1.82, 2.24) is 9.29 Å². The van der Waals surface area contributed by atoms with E-state index >= 15 is 0 Å². The van der Waals surface area contributed by atoms with Crippen molar-refractivity contribution in [2.24, 2.45) is 11.3 Å². The number of ether oxygens (including phenoxy) is 2. The number of aliphatic carboxylic acids is 1. The number of halogens is 3. The molecule has 29 heavy (non-hydrogen) atoms. The summed E-state index contributed by atoms with van der Waals surface area (Å²) < 4.78 is 69.9. The highest BCUT2D eigenvalue weighted by atomic mass is 32.2. The third-order valence-electron chi connectivity index (χ3n) is 5.20. The van der Waals surface area contributed by atoms with Crippen LogP contribution in [0.5, 0.6) is 5.75 Å². The molecule has 1 aromatic heterocycles. The van der Waals surface area contributed by atoms with Crippen molar-refractivity contribution in [1.29, 1.82) is 0 Å². The van der Waals surface area contributed by atoms with Crippen LogP contribution in [0, 0.1) is 11.3 Å². The molecule has 0 radical (unpaired) electrons.